The molecule has 6 heteroatoms. The molecule has 1 atom stereocenters. The predicted molar refractivity (Wildman–Crippen MR) is 95.7 cm³/mol. The molecule has 0 aliphatic carbocycles. The van der Waals surface area contributed by atoms with Gasteiger partial charge in [0.25, 0.3) is 0 Å². The van der Waals surface area contributed by atoms with E-state index in [0.717, 1.165) is 23.1 Å². The number of rotatable bonds is 7. The summed E-state index contributed by atoms with van der Waals surface area (Å²) in [5.74, 6) is -1.12. The molecule has 25 heavy (non-hydrogen) atoms. The van der Waals surface area contributed by atoms with Gasteiger partial charge in [-0.3, -0.25) is 0 Å². The number of aliphatic carboxylic acids is 1. The standard InChI is InChI=1S/C19H20ClNO4/c1-2-14-10-16(20)9-8-15(14)11-17(18(22)23)21-19(24)25-12-13-6-4-3-5-7-13/h3-10,17H,2,11-12H2,1H3,(H,21,24)(H,22,23). The van der Waals surface area contributed by atoms with Crippen molar-refractivity contribution in [2.75, 3.05) is 0 Å². The Morgan fingerprint density at radius 3 is 2.52 bits per heavy atom. The Hall–Kier alpha value is -2.53. The fourth-order valence-electron chi connectivity index (χ4n) is 2.45. The number of carbonyl (C=O) groups excluding carboxylic acids is 1. The Kier molecular flexibility index (Phi) is 6.83. The summed E-state index contributed by atoms with van der Waals surface area (Å²) in [6.07, 6.45) is 0.125. The Morgan fingerprint density at radius 2 is 1.88 bits per heavy atom. The number of aryl methyl sites for hydroxylation is 1. The van der Waals surface area contributed by atoms with Gasteiger partial charge in [-0.05, 0) is 35.2 Å². The highest BCUT2D eigenvalue weighted by atomic mass is 35.5. The van der Waals surface area contributed by atoms with Crippen LogP contribution < -0.4 is 5.32 Å². The zero-order valence-electron chi connectivity index (χ0n) is 13.9. The van der Waals surface area contributed by atoms with E-state index < -0.39 is 18.1 Å². The SMILES string of the molecule is CCc1cc(Cl)ccc1CC(NC(=O)OCc1ccccc1)C(=O)O. The van der Waals surface area contributed by atoms with E-state index in [4.69, 9.17) is 16.3 Å². The number of halogens is 1. The predicted octanol–water partition coefficient (Wildman–Crippen LogP) is 3.82. The summed E-state index contributed by atoms with van der Waals surface area (Å²) >= 11 is 5.97. The number of carboxylic acids is 1. The number of carboxylic acid groups (broad SMARTS) is 1. The quantitative estimate of drug-likeness (QED) is 0.786. The summed E-state index contributed by atoms with van der Waals surface area (Å²) < 4.78 is 5.09. The molecule has 132 valence electrons. The smallest absolute Gasteiger partial charge is 0.408 e. The molecule has 0 saturated heterocycles. The first-order valence-corrected chi connectivity index (χ1v) is 8.34. The normalized spacial score (nSPS) is 11.6. The lowest BCUT2D eigenvalue weighted by Crippen LogP contribution is -2.42. The highest BCUT2D eigenvalue weighted by Gasteiger charge is 2.22. The summed E-state index contributed by atoms with van der Waals surface area (Å²) in [4.78, 5) is 23.4. The van der Waals surface area contributed by atoms with Crippen molar-refractivity contribution in [1.82, 2.24) is 5.32 Å². The second-order valence-electron chi connectivity index (χ2n) is 5.57. The first kappa shape index (κ1) is 18.8. The summed E-state index contributed by atoms with van der Waals surface area (Å²) in [7, 11) is 0. The third kappa shape index (κ3) is 5.80. The molecule has 0 heterocycles. The average molecular weight is 362 g/mol. The van der Waals surface area contributed by atoms with Gasteiger partial charge in [-0.2, -0.15) is 0 Å². The van der Waals surface area contributed by atoms with Crippen LogP contribution in [0.1, 0.15) is 23.6 Å². The van der Waals surface area contributed by atoms with Crippen molar-refractivity contribution in [3.63, 3.8) is 0 Å². The van der Waals surface area contributed by atoms with E-state index in [9.17, 15) is 14.7 Å². The maximum absolute atomic E-state index is 11.9. The van der Waals surface area contributed by atoms with E-state index in [-0.39, 0.29) is 13.0 Å². The molecule has 1 unspecified atom stereocenters. The molecule has 2 N–H and O–H groups in total. The molecule has 0 saturated carbocycles. The van der Waals surface area contributed by atoms with Gasteiger partial charge in [-0.25, -0.2) is 9.59 Å². The molecule has 0 spiro atoms. The minimum absolute atomic E-state index is 0.0835. The number of nitrogens with one attached hydrogen (secondary N) is 1. The van der Waals surface area contributed by atoms with Gasteiger partial charge in [0.05, 0.1) is 0 Å². The van der Waals surface area contributed by atoms with E-state index in [1.807, 2.05) is 43.3 Å². The first-order valence-electron chi connectivity index (χ1n) is 7.97. The van der Waals surface area contributed by atoms with Crippen molar-refractivity contribution in [3.05, 3.63) is 70.2 Å². The fraction of sp³-hybridized carbons (Fsp3) is 0.263. The maximum atomic E-state index is 11.9. The fourth-order valence-corrected chi connectivity index (χ4v) is 2.64. The highest BCUT2D eigenvalue weighted by molar-refractivity contribution is 6.30. The molecular formula is C19H20ClNO4. The van der Waals surface area contributed by atoms with E-state index in [2.05, 4.69) is 5.32 Å². The van der Waals surface area contributed by atoms with E-state index >= 15 is 0 Å². The summed E-state index contributed by atoms with van der Waals surface area (Å²) in [6.45, 7) is 2.05. The third-order valence-electron chi connectivity index (χ3n) is 3.78. The summed E-state index contributed by atoms with van der Waals surface area (Å²) in [5.41, 5.74) is 2.62. The highest BCUT2D eigenvalue weighted by Crippen LogP contribution is 2.18. The Labute approximate surface area is 151 Å². The molecule has 0 aliphatic heterocycles. The van der Waals surface area contributed by atoms with Crippen LogP contribution in [-0.4, -0.2) is 23.2 Å². The number of alkyl carbamates (subject to hydrolysis) is 1. The van der Waals surface area contributed by atoms with Crippen LogP contribution in [0.3, 0.4) is 0 Å². The largest absolute Gasteiger partial charge is 0.480 e. The van der Waals surface area contributed by atoms with Crippen molar-refractivity contribution < 1.29 is 19.4 Å². The lowest BCUT2D eigenvalue weighted by molar-refractivity contribution is -0.139. The first-order chi connectivity index (χ1) is 12.0. The monoisotopic (exact) mass is 361 g/mol. The lowest BCUT2D eigenvalue weighted by Gasteiger charge is -2.16. The van der Waals surface area contributed by atoms with Gasteiger partial charge in [-0.15, -0.1) is 0 Å². The van der Waals surface area contributed by atoms with Gasteiger partial charge in [0.2, 0.25) is 0 Å². The number of carbonyl (C=O) groups is 2. The van der Waals surface area contributed by atoms with Crippen LogP contribution in [-0.2, 0) is 29.0 Å². The molecule has 2 aromatic rings. The average Bonchev–Trinajstić information content (AvgIpc) is 2.61. The second kappa shape index (κ2) is 9.08. The van der Waals surface area contributed by atoms with Crippen molar-refractivity contribution >= 4 is 23.7 Å². The van der Waals surface area contributed by atoms with Crippen LogP contribution in [0.4, 0.5) is 4.79 Å². The number of hydrogen-bond donors (Lipinski definition) is 2. The Balaban J connectivity index is 1.98. The Bertz CT molecular complexity index is 733. The minimum atomic E-state index is -1.12. The van der Waals surface area contributed by atoms with Crippen LogP contribution in [0.15, 0.2) is 48.5 Å². The molecule has 0 aromatic heterocycles. The van der Waals surface area contributed by atoms with Crippen molar-refractivity contribution in [1.29, 1.82) is 0 Å². The van der Waals surface area contributed by atoms with Gasteiger partial charge in [0.15, 0.2) is 0 Å². The van der Waals surface area contributed by atoms with Gasteiger partial charge < -0.3 is 15.2 Å². The molecular weight excluding hydrogens is 342 g/mol. The van der Waals surface area contributed by atoms with Gasteiger partial charge in [-0.1, -0.05) is 54.9 Å². The second-order valence-corrected chi connectivity index (χ2v) is 6.00. The van der Waals surface area contributed by atoms with Crippen LogP contribution in [0.5, 0.6) is 0 Å². The zero-order chi connectivity index (χ0) is 18.2. The summed E-state index contributed by atoms with van der Waals surface area (Å²) in [5, 5.41) is 12.4. The minimum Gasteiger partial charge on any atom is -0.480 e. The van der Waals surface area contributed by atoms with Gasteiger partial charge in [0, 0.05) is 11.4 Å². The van der Waals surface area contributed by atoms with Crippen LogP contribution in [0.25, 0.3) is 0 Å². The van der Waals surface area contributed by atoms with Crippen molar-refractivity contribution in [2.24, 2.45) is 0 Å². The third-order valence-corrected chi connectivity index (χ3v) is 4.01. The lowest BCUT2D eigenvalue weighted by atomic mass is 9.98. The molecule has 0 fully saturated rings. The number of hydrogen-bond acceptors (Lipinski definition) is 3. The van der Waals surface area contributed by atoms with E-state index in [1.165, 1.54) is 0 Å². The number of ether oxygens (including phenoxy) is 1. The Morgan fingerprint density at radius 1 is 1.16 bits per heavy atom. The van der Waals surface area contributed by atoms with Crippen molar-refractivity contribution in [2.45, 2.75) is 32.4 Å². The van der Waals surface area contributed by atoms with Crippen LogP contribution in [0, 0.1) is 0 Å². The molecule has 1 amide bonds. The number of amides is 1. The maximum Gasteiger partial charge on any atom is 0.408 e. The molecule has 0 radical (unpaired) electrons. The molecule has 2 aromatic carbocycles. The molecule has 5 nitrogen and oxygen atoms in total. The van der Waals surface area contributed by atoms with E-state index in [1.54, 1.807) is 12.1 Å². The summed E-state index contributed by atoms with van der Waals surface area (Å²) in [6, 6.07) is 13.4. The molecule has 2 rings (SSSR count). The van der Waals surface area contributed by atoms with Crippen LogP contribution >= 0.6 is 11.6 Å². The van der Waals surface area contributed by atoms with Crippen molar-refractivity contribution in [3.8, 4) is 0 Å². The van der Waals surface area contributed by atoms with E-state index in [0.29, 0.717) is 5.02 Å². The zero-order valence-corrected chi connectivity index (χ0v) is 14.6. The van der Waals surface area contributed by atoms with Gasteiger partial charge in [0.1, 0.15) is 12.6 Å². The molecule has 0 bridgehead atoms. The number of benzene rings is 2. The van der Waals surface area contributed by atoms with Crippen LogP contribution in [0.2, 0.25) is 5.02 Å². The van der Waals surface area contributed by atoms with Gasteiger partial charge >= 0.3 is 12.1 Å². The molecule has 0 aliphatic rings. The topological polar surface area (TPSA) is 75.6 Å².